The molecular formula is C11H17N. The van der Waals surface area contributed by atoms with Crippen LogP contribution in [0.3, 0.4) is 0 Å². The van der Waals surface area contributed by atoms with Crippen LogP contribution in [-0.4, -0.2) is 0 Å². The Hall–Kier alpha value is -0.980. The molecule has 0 aromatic heterocycles. The molecule has 1 aliphatic carbocycles. The first-order valence-corrected chi connectivity index (χ1v) is 4.49. The molecule has 0 bridgehead atoms. The second-order valence-electron chi connectivity index (χ2n) is 3.39. The minimum Gasteiger partial charge on any atom is -0.404 e. The molecule has 1 heteroatoms. The maximum atomic E-state index is 5.47. The largest absolute Gasteiger partial charge is 0.404 e. The van der Waals surface area contributed by atoms with Crippen molar-refractivity contribution in [3.05, 3.63) is 35.1 Å². The third-order valence-corrected chi connectivity index (χ3v) is 2.45. The van der Waals surface area contributed by atoms with Crippen molar-refractivity contribution in [3.8, 4) is 0 Å². The van der Waals surface area contributed by atoms with Gasteiger partial charge in [0.25, 0.3) is 0 Å². The molecule has 0 heterocycles. The fourth-order valence-corrected chi connectivity index (χ4v) is 1.35. The van der Waals surface area contributed by atoms with Crippen molar-refractivity contribution < 1.29 is 0 Å². The van der Waals surface area contributed by atoms with Gasteiger partial charge in [0.2, 0.25) is 0 Å². The van der Waals surface area contributed by atoms with Gasteiger partial charge in [-0.25, -0.2) is 0 Å². The van der Waals surface area contributed by atoms with Crippen molar-refractivity contribution >= 4 is 0 Å². The highest BCUT2D eigenvalue weighted by molar-refractivity contribution is 5.30. The van der Waals surface area contributed by atoms with Crippen LogP contribution in [0.2, 0.25) is 0 Å². The topological polar surface area (TPSA) is 26.0 Å². The highest BCUT2D eigenvalue weighted by atomic mass is 14.5. The molecule has 1 rings (SSSR count). The second kappa shape index (κ2) is 4.15. The summed E-state index contributed by atoms with van der Waals surface area (Å²) in [6.07, 6.45) is 9.53. The summed E-state index contributed by atoms with van der Waals surface area (Å²) in [5.74, 6) is 0. The molecule has 0 aliphatic heterocycles. The molecule has 0 saturated carbocycles. The van der Waals surface area contributed by atoms with Crippen molar-refractivity contribution in [1.82, 2.24) is 0 Å². The average molecular weight is 163 g/mol. The van der Waals surface area contributed by atoms with Crippen LogP contribution in [0.1, 0.15) is 33.1 Å². The Morgan fingerprint density at radius 1 is 1.25 bits per heavy atom. The van der Waals surface area contributed by atoms with Gasteiger partial charge in [-0.3, -0.25) is 0 Å². The van der Waals surface area contributed by atoms with Gasteiger partial charge >= 0.3 is 0 Å². The molecule has 1 nitrogen and oxygen atoms in total. The Morgan fingerprint density at radius 2 is 2.00 bits per heavy atom. The third-order valence-electron chi connectivity index (χ3n) is 2.45. The molecule has 0 amide bonds. The van der Waals surface area contributed by atoms with Crippen LogP contribution in [0.4, 0.5) is 0 Å². The number of hydrogen-bond acceptors (Lipinski definition) is 1. The number of nitrogens with two attached hydrogens (primary N) is 1. The molecule has 0 saturated heterocycles. The van der Waals surface area contributed by atoms with Crippen molar-refractivity contribution in [3.63, 3.8) is 0 Å². The molecule has 66 valence electrons. The molecule has 0 radical (unpaired) electrons. The number of hydrogen-bond donors (Lipinski definition) is 1. The highest BCUT2D eigenvalue weighted by Crippen LogP contribution is 2.19. The molecule has 0 aromatic rings. The fraction of sp³-hybridized carbons (Fsp3) is 0.455. The van der Waals surface area contributed by atoms with Gasteiger partial charge < -0.3 is 5.73 Å². The Kier molecular flexibility index (Phi) is 3.15. The predicted octanol–water partition coefficient (Wildman–Crippen LogP) is 2.91. The minimum absolute atomic E-state index is 1.11. The van der Waals surface area contributed by atoms with E-state index in [4.69, 9.17) is 5.73 Å². The van der Waals surface area contributed by atoms with Crippen LogP contribution in [0.25, 0.3) is 0 Å². The van der Waals surface area contributed by atoms with E-state index in [0.717, 1.165) is 6.42 Å². The van der Waals surface area contributed by atoms with Gasteiger partial charge in [0.05, 0.1) is 0 Å². The maximum Gasteiger partial charge on any atom is -0.00297 e. The Labute approximate surface area is 74.7 Å². The minimum atomic E-state index is 1.11. The van der Waals surface area contributed by atoms with E-state index in [9.17, 15) is 0 Å². The van der Waals surface area contributed by atoms with Crippen LogP contribution in [0.15, 0.2) is 35.1 Å². The summed E-state index contributed by atoms with van der Waals surface area (Å²) in [6, 6.07) is 0. The molecule has 0 atom stereocenters. The van der Waals surface area contributed by atoms with E-state index < -0.39 is 0 Å². The van der Waals surface area contributed by atoms with Crippen molar-refractivity contribution in [2.75, 3.05) is 0 Å². The quantitative estimate of drug-likeness (QED) is 0.584. The average Bonchev–Trinajstić information content (AvgIpc) is 2.07. The predicted molar refractivity (Wildman–Crippen MR) is 53.6 cm³/mol. The Morgan fingerprint density at radius 3 is 2.67 bits per heavy atom. The summed E-state index contributed by atoms with van der Waals surface area (Å²) in [6.45, 7) is 4.36. The third kappa shape index (κ3) is 2.26. The lowest BCUT2D eigenvalue weighted by Gasteiger charge is -2.09. The van der Waals surface area contributed by atoms with E-state index in [-0.39, 0.29) is 0 Å². The van der Waals surface area contributed by atoms with Crippen molar-refractivity contribution in [2.24, 2.45) is 5.73 Å². The van der Waals surface area contributed by atoms with Crippen LogP contribution < -0.4 is 5.73 Å². The van der Waals surface area contributed by atoms with E-state index >= 15 is 0 Å². The number of rotatable bonds is 0. The van der Waals surface area contributed by atoms with Gasteiger partial charge in [-0.05, 0) is 44.9 Å². The zero-order valence-corrected chi connectivity index (χ0v) is 7.93. The van der Waals surface area contributed by atoms with Gasteiger partial charge in [0, 0.05) is 0 Å². The van der Waals surface area contributed by atoms with Crippen molar-refractivity contribution in [1.29, 1.82) is 0 Å². The van der Waals surface area contributed by atoms with Crippen LogP contribution >= 0.6 is 0 Å². The maximum absolute atomic E-state index is 5.47. The van der Waals surface area contributed by atoms with Gasteiger partial charge in [0.1, 0.15) is 0 Å². The summed E-state index contributed by atoms with van der Waals surface area (Å²) in [5, 5.41) is 0. The summed E-state index contributed by atoms with van der Waals surface area (Å²) < 4.78 is 0. The van der Waals surface area contributed by atoms with Crippen LogP contribution in [-0.2, 0) is 0 Å². The summed E-state index contributed by atoms with van der Waals surface area (Å²) in [5.41, 5.74) is 9.61. The highest BCUT2D eigenvalue weighted by Gasteiger charge is 2.00. The molecule has 0 fully saturated rings. The lowest BCUT2D eigenvalue weighted by atomic mass is 9.98. The molecule has 0 unspecified atom stereocenters. The second-order valence-corrected chi connectivity index (χ2v) is 3.39. The number of allylic oxidation sites excluding steroid dienone is 5. The summed E-state index contributed by atoms with van der Waals surface area (Å²) >= 11 is 0. The van der Waals surface area contributed by atoms with E-state index in [1.807, 2.05) is 0 Å². The van der Waals surface area contributed by atoms with E-state index in [1.165, 1.54) is 29.6 Å². The molecule has 2 N–H and O–H groups in total. The zero-order chi connectivity index (χ0) is 8.97. The lowest BCUT2D eigenvalue weighted by Crippen LogP contribution is -1.92. The van der Waals surface area contributed by atoms with Gasteiger partial charge in [-0.15, -0.1) is 0 Å². The normalized spacial score (nSPS) is 22.7. The van der Waals surface area contributed by atoms with Crippen molar-refractivity contribution in [2.45, 2.75) is 33.1 Å². The monoisotopic (exact) mass is 163 g/mol. The molecular weight excluding hydrogens is 146 g/mol. The summed E-state index contributed by atoms with van der Waals surface area (Å²) in [4.78, 5) is 0. The SMILES string of the molecule is CC1=C(C)CCC/C(=C/N)C=C1. The van der Waals surface area contributed by atoms with Crippen LogP contribution in [0.5, 0.6) is 0 Å². The molecule has 1 aliphatic rings. The van der Waals surface area contributed by atoms with Gasteiger partial charge in [-0.2, -0.15) is 0 Å². The first-order chi connectivity index (χ1) is 5.74. The zero-order valence-electron chi connectivity index (χ0n) is 7.93. The smallest absolute Gasteiger partial charge is 0.00297 e. The molecule has 0 spiro atoms. The summed E-state index contributed by atoms with van der Waals surface area (Å²) in [7, 11) is 0. The standard InChI is InChI=1S/C11H17N/c1-9-4-3-5-11(8-12)7-6-10(9)2/h6-8H,3-5,12H2,1-2H3/b7-6?,10-9?,11-8-. The van der Waals surface area contributed by atoms with Gasteiger partial charge in [0.15, 0.2) is 0 Å². The van der Waals surface area contributed by atoms with E-state index in [1.54, 1.807) is 6.20 Å². The first kappa shape index (κ1) is 9.11. The Balaban J connectivity index is 2.83. The van der Waals surface area contributed by atoms with Gasteiger partial charge in [-0.1, -0.05) is 23.3 Å². The van der Waals surface area contributed by atoms with E-state index in [2.05, 4.69) is 26.0 Å². The Bertz CT molecular complexity index is 244. The molecule has 0 aromatic carbocycles. The van der Waals surface area contributed by atoms with E-state index in [0.29, 0.717) is 0 Å². The fourth-order valence-electron chi connectivity index (χ4n) is 1.35. The molecule has 12 heavy (non-hydrogen) atoms. The lowest BCUT2D eigenvalue weighted by molar-refractivity contribution is 0.802. The first-order valence-electron chi connectivity index (χ1n) is 4.49. The van der Waals surface area contributed by atoms with Crippen LogP contribution in [0, 0.1) is 0 Å².